The minimum Gasteiger partial charge on any atom is -0.451 e. The number of aryl methyl sites for hydroxylation is 2. The number of hydrogen-bond donors (Lipinski definition) is 1. The van der Waals surface area contributed by atoms with Crippen LogP contribution in [0.25, 0.3) is 0 Å². The molecule has 2 fully saturated rings. The molecular weight excluding hydrogens is 372 g/mol. The molecule has 1 saturated carbocycles. The number of benzene rings is 1. The summed E-state index contributed by atoms with van der Waals surface area (Å²) in [6.07, 6.45) is 2.15. The number of hydrogen-bond acceptors (Lipinski definition) is 5. The molecular formula is C22H28N2O5. The van der Waals surface area contributed by atoms with Gasteiger partial charge >= 0.3 is 5.97 Å². The van der Waals surface area contributed by atoms with Gasteiger partial charge in [-0.1, -0.05) is 30.5 Å². The number of fused-ring (bicyclic) bond motifs is 1. The molecule has 0 bridgehead atoms. The molecule has 0 unspecified atom stereocenters. The number of carbonyl (C=O) groups excluding carboxylic acids is 4. The third kappa shape index (κ3) is 4.18. The minimum absolute atomic E-state index is 0.295. The van der Waals surface area contributed by atoms with Gasteiger partial charge in [-0.3, -0.25) is 19.3 Å². The summed E-state index contributed by atoms with van der Waals surface area (Å²) in [4.78, 5) is 51.3. The Labute approximate surface area is 170 Å². The molecule has 7 nitrogen and oxygen atoms in total. The summed E-state index contributed by atoms with van der Waals surface area (Å²) in [6, 6.07) is 4.57. The van der Waals surface area contributed by atoms with Gasteiger partial charge in [0.25, 0.3) is 5.91 Å². The Morgan fingerprint density at radius 2 is 1.66 bits per heavy atom. The molecule has 3 amide bonds. The monoisotopic (exact) mass is 400 g/mol. The van der Waals surface area contributed by atoms with Gasteiger partial charge in [-0.25, -0.2) is 4.79 Å². The van der Waals surface area contributed by atoms with E-state index in [0.717, 1.165) is 28.9 Å². The van der Waals surface area contributed by atoms with Gasteiger partial charge in [0.15, 0.2) is 6.10 Å². The predicted octanol–water partition coefficient (Wildman–Crippen LogP) is 2.74. The highest BCUT2D eigenvalue weighted by molar-refractivity contribution is 6.08. The first-order valence-corrected chi connectivity index (χ1v) is 10.2. The van der Waals surface area contributed by atoms with Gasteiger partial charge in [0.1, 0.15) is 6.04 Å². The second-order valence-electron chi connectivity index (χ2n) is 8.11. The molecule has 1 aromatic carbocycles. The summed E-state index contributed by atoms with van der Waals surface area (Å²) in [5.41, 5.74) is 2.63. The molecule has 3 rings (SSSR count). The largest absolute Gasteiger partial charge is 0.451 e. The lowest BCUT2D eigenvalue weighted by atomic mass is 9.81. The van der Waals surface area contributed by atoms with Gasteiger partial charge in [-0.2, -0.15) is 0 Å². The van der Waals surface area contributed by atoms with E-state index < -0.39 is 24.0 Å². The first-order valence-electron chi connectivity index (χ1n) is 10.2. The second kappa shape index (κ2) is 8.35. The minimum atomic E-state index is -1.05. The molecule has 7 heteroatoms. The zero-order valence-electron chi connectivity index (χ0n) is 17.4. The lowest BCUT2D eigenvalue weighted by molar-refractivity contribution is -0.163. The van der Waals surface area contributed by atoms with Crippen LogP contribution >= 0.6 is 0 Å². The maximum atomic E-state index is 12.6. The molecule has 4 atom stereocenters. The van der Waals surface area contributed by atoms with Crippen molar-refractivity contribution in [2.24, 2.45) is 11.8 Å². The third-order valence-electron chi connectivity index (χ3n) is 5.91. The van der Waals surface area contributed by atoms with Crippen molar-refractivity contribution >= 4 is 29.4 Å². The van der Waals surface area contributed by atoms with E-state index in [1.54, 1.807) is 6.07 Å². The highest BCUT2D eigenvalue weighted by Gasteiger charge is 2.51. The van der Waals surface area contributed by atoms with Crippen LogP contribution < -0.4 is 5.32 Å². The van der Waals surface area contributed by atoms with Crippen molar-refractivity contribution < 1.29 is 23.9 Å². The number of ether oxygens (including phenoxy) is 1. The molecule has 1 aliphatic carbocycles. The molecule has 1 aromatic rings. The number of imide groups is 1. The average molecular weight is 400 g/mol. The zero-order chi connectivity index (χ0) is 21.3. The van der Waals surface area contributed by atoms with Crippen LogP contribution in [0.3, 0.4) is 0 Å². The van der Waals surface area contributed by atoms with Crippen molar-refractivity contribution in [3.63, 3.8) is 0 Å². The van der Waals surface area contributed by atoms with Gasteiger partial charge in [-0.15, -0.1) is 0 Å². The molecule has 2 aliphatic rings. The summed E-state index contributed by atoms with van der Waals surface area (Å²) in [6.45, 7) is 6.79. The standard InChI is InChI=1S/C22H28N2O5/c1-12-9-10-18(13(2)11-12)23-19(25)15(4)29-22(28)14(3)24-20(26)16-7-5-6-8-17(16)21(24)27/h9-11,14-17H,5-8H2,1-4H3,(H,23,25)/t14-,15-,16-,17-/m0/s1. The van der Waals surface area contributed by atoms with Gasteiger partial charge < -0.3 is 10.1 Å². The molecule has 0 radical (unpaired) electrons. The molecule has 156 valence electrons. The van der Waals surface area contributed by atoms with E-state index in [1.165, 1.54) is 13.8 Å². The Bertz CT molecular complexity index is 826. The maximum Gasteiger partial charge on any atom is 0.329 e. The first kappa shape index (κ1) is 21.0. The summed E-state index contributed by atoms with van der Waals surface area (Å²) < 4.78 is 5.28. The second-order valence-corrected chi connectivity index (χ2v) is 8.11. The number of amides is 3. The van der Waals surface area contributed by atoms with Crippen LogP contribution in [0.15, 0.2) is 18.2 Å². The van der Waals surface area contributed by atoms with Crippen molar-refractivity contribution in [2.45, 2.75) is 65.5 Å². The average Bonchev–Trinajstić information content (AvgIpc) is 2.94. The summed E-state index contributed by atoms with van der Waals surface area (Å²) in [7, 11) is 0. The fourth-order valence-electron chi connectivity index (χ4n) is 4.19. The van der Waals surface area contributed by atoms with Crippen molar-refractivity contribution in [1.29, 1.82) is 0 Å². The van der Waals surface area contributed by atoms with Gasteiger partial charge in [0.05, 0.1) is 11.8 Å². The molecule has 29 heavy (non-hydrogen) atoms. The van der Waals surface area contributed by atoms with E-state index in [9.17, 15) is 19.2 Å². The van der Waals surface area contributed by atoms with Crippen molar-refractivity contribution in [1.82, 2.24) is 4.90 Å². The van der Waals surface area contributed by atoms with E-state index >= 15 is 0 Å². The topological polar surface area (TPSA) is 92.8 Å². The molecule has 1 N–H and O–H groups in total. The van der Waals surface area contributed by atoms with E-state index in [2.05, 4.69) is 5.32 Å². The normalized spacial score (nSPS) is 23.4. The van der Waals surface area contributed by atoms with E-state index in [4.69, 9.17) is 4.74 Å². The molecule has 0 spiro atoms. The summed E-state index contributed by atoms with van der Waals surface area (Å²) >= 11 is 0. The molecule has 1 aliphatic heterocycles. The number of anilines is 1. The Morgan fingerprint density at radius 3 is 2.21 bits per heavy atom. The van der Waals surface area contributed by atoms with Crippen LogP contribution in [0.2, 0.25) is 0 Å². The number of likely N-dealkylation sites (tertiary alicyclic amines) is 1. The smallest absolute Gasteiger partial charge is 0.329 e. The fourth-order valence-corrected chi connectivity index (χ4v) is 4.19. The van der Waals surface area contributed by atoms with Crippen LogP contribution in [-0.4, -0.2) is 40.7 Å². The molecule has 1 saturated heterocycles. The molecule has 0 aromatic heterocycles. The number of nitrogens with zero attached hydrogens (tertiary/aromatic N) is 1. The predicted molar refractivity (Wildman–Crippen MR) is 107 cm³/mol. The van der Waals surface area contributed by atoms with Gasteiger partial charge in [0.2, 0.25) is 11.8 Å². The highest BCUT2D eigenvalue weighted by atomic mass is 16.5. The van der Waals surface area contributed by atoms with Crippen LogP contribution in [-0.2, 0) is 23.9 Å². The Hall–Kier alpha value is -2.70. The SMILES string of the molecule is Cc1ccc(NC(=O)[C@H](C)OC(=O)[C@H](C)N2C(=O)[C@H]3CCCC[C@@H]3C2=O)c(C)c1. The van der Waals surface area contributed by atoms with E-state index in [1.807, 2.05) is 26.0 Å². The number of esters is 1. The number of nitrogens with one attached hydrogen (secondary N) is 1. The molecule has 1 heterocycles. The maximum absolute atomic E-state index is 12.6. The van der Waals surface area contributed by atoms with Crippen LogP contribution in [0.5, 0.6) is 0 Å². The fraction of sp³-hybridized carbons (Fsp3) is 0.545. The Kier molecular flexibility index (Phi) is 6.05. The first-order chi connectivity index (χ1) is 13.7. The third-order valence-corrected chi connectivity index (χ3v) is 5.91. The van der Waals surface area contributed by atoms with Gasteiger partial charge in [-0.05, 0) is 52.2 Å². The van der Waals surface area contributed by atoms with Gasteiger partial charge in [0, 0.05) is 5.69 Å². The van der Waals surface area contributed by atoms with E-state index in [-0.39, 0.29) is 23.7 Å². The summed E-state index contributed by atoms with van der Waals surface area (Å²) in [5, 5.41) is 2.75. The lowest BCUT2D eigenvalue weighted by Gasteiger charge is -2.23. The number of rotatable bonds is 5. The number of carbonyl (C=O) groups is 4. The van der Waals surface area contributed by atoms with Crippen molar-refractivity contribution in [3.8, 4) is 0 Å². The van der Waals surface area contributed by atoms with Crippen molar-refractivity contribution in [2.75, 3.05) is 5.32 Å². The Morgan fingerprint density at radius 1 is 1.07 bits per heavy atom. The van der Waals surface area contributed by atoms with Crippen LogP contribution in [0, 0.1) is 25.7 Å². The van der Waals surface area contributed by atoms with Crippen LogP contribution in [0.1, 0.15) is 50.7 Å². The van der Waals surface area contributed by atoms with Crippen LogP contribution in [0.4, 0.5) is 5.69 Å². The quantitative estimate of drug-likeness (QED) is 0.606. The zero-order valence-corrected chi connectivity index (χ0v) is 17.4. The Balaban J connectivity index is 1.62. The van der Waals surface area contributed by atoms with Crippen molar-refractivity contribution in [3.05, 3.63) is 29.3 Å². The summed E-state index contributed by atoms with van der Waals surface area (Å²) in [5.74, 6) is -2.46. The lowest BCUT2D eigenvalue weighted by Crippen LogP contribution is -2.46. The van der Waals surface area contributed by atoms with E-state index in [0.29, 0.717) is 18.5 Å². The highest BCUT2D eigenvalue weighted by Crippen LogP contribution is 2.39.